The molecule has 0 radical (unpaired) electrons. The molecular formula is C17H14N2O7S. The molecule has 1 heterocycles. The van der Waals surface area contributed by atoms with Crippen molar-refractivity contribution >= 4 is 32.7 Å². The van der Waals surface area contributed by atoms with Crippen LogP contribution in [0.25, 0.3) is 10.9 Å². The van der Waals surface area contributed by atoms with E-state index in [9.17, 15) is 23.3 Å². The van der Waals surface area contributed by atoms with E-state index in [1.165, 1.54) is 24.3 Å². The molecule has 3 rings (SSSR count). The molecule has 0 fully saturated rings. The first-order valence-electron chi connectivity index (χ1n) is 7.62. The Morgan fingerprint density at radius 3 is 2.41 bits per heavy atom. The summed E-state index contributed by atoms with van der Waals surface area (Å²) in [6.45, 7) is 1.81. The van der Waals surface area contributed by atoms with Crippen LogP contribution in [-0.2, 0) is 14.9 Å². The van der Waals surface area contributed by atoms with Crippen LogP contribution in [-0.4, -0.2) is 31.2 Å². The van der Waals surface area contributed by atoms with Gasteiger partial charge in [0.2, 0.25) is 0 Å². The Labute approximate surface area is 154 Å². The molecule has 3 aromatic rings. The third-order valence-corrected chi connectivity index (χ3v) is 5.06. The van der Waals surface area contributed by atoms with E-state index in [1.54, 1.807) is 12.1 Å². The smallest absolute Gasteiger partial charge is 0.357 e. The molecule has 0 amide bonds. The minimum Gasteiger partial charge on any atom is -0.465 e. The van der Waals surface area contributed by atoms with Crippen molar-refractivity contribution in [1.82, 2.24) is 4.73 Å². The molecule has 0 saturated heterocycles. The van der Waals surface area contributed by atoms with E-state index in [0.717, 1.165) is 29.7 Å². The van der Waals surface area contributed by atoms with Gasteiger partial charge < -0.3 is 4.74 Å². The average molecular weight is 390 g/mol. The lowest BCUT2D eigenvalue weighted by Crippen LogP contribution is -2.19. The number of hydrogen-bond acceptors (Lipinski definition) is 7. The van der Waals surface area contributed by atoms with Gasteiger partial charge in [-0.25, -0.2) is 4.79 Å². The fourth-order valence-corrected chi connectivity index (χ4v) is 3.38. The number of nitro groups is 1. The highest BCUT2D eigenvalue weighted by atomic mass is 32.2. The highest BCUT2D eigenvalue weighted by Crippen LogP contribution is 2.27. The Morgan fingerprint density at radius 1 is 1.15 bits per heavy atom. The van der Waals surface area contributed by atoms with Gasteiger partial charge in [-0.2, -0.15) is 13.1 Å². The van der Waals surface area contributed by atoms with Gasteiger partial charge in [-0.15, -0.1) is 0 Å². The van der Waals surface area contributed by atoms with Crippen LogP contribution in [0.15, 0.2) is 53.6 Å². The van der Waals surface area contributed by atoms with E-state index in [2.05, 4.69) is 4.74 Å². The zero-order valence-corrected chi connectivity index (χ0v) is 15.1. The lowest BCUT2D eigenvalue weighted by Gasteiger charge is -2.08. The largest absolute Gasteiger partial charge is 0.465 e. The van der Waals surface area contributed by atoms with Crippen LogP contribution < -0.4 is 4.28 Å². The molecule has 0 unspecified atom stereocenters. The molecule has 1 aromatic heterocycles. The number of nitro benzene ring substituents is 1. The second kappa shape index (κ2) is 6.72. The summed E-state index contributed by atoms with van der Waals surface area (Å²) in [7, 11) is -3.04. The van der Waals surface area contributed by atoms with Crippen molar-refractivity contribution in [2.45, 2.75) is 11.8 Å². The highest BCUT2D eigenvalue weighted by molar-refractivity contribution is 7.87. The minimum absolute atomic E-state index is 0.0599. The van der Waals surface area contributed by atoms with Gasteiger partial charge in [0.1, 0.15) is 4.90 Å². The van der Waals surface area contributed by atoms with Crippen molar-refractivity contribution in [3.8, 4) is 0 Å². The maximum atomic E-state index is 12.5. The van der Waals surface area contributed by atoms with Gasteiger partial charge in [0.25, 0.3) is 5.69 Å². The normalized spacial score (nSPS) is 11.3. The molecule has 10 heteroatoms. The van der Waals surface area contributed by atoms with Crippen LogP contribution in [0.3, 0.4) is 0 Å². The maximum Gasteiger partial charge on any atom is 0.357 e. The number of esters is 1. The first-order valence-corrected chi connectivity index (χ1v) is 9.03. The van der Waals surface area contributed by atoms with Gasteiger partial charge in [0.05, 0.1) is 29.3 Å². The molecule has 0 spiro atoms. The van der Waals surface area contributed by atoms with Gasteiger partial charge in [0, 0.05) is 17.5 Å². The standard InChI is InChI=1S/C17H14N2O7S/c1-11-3-6-13(7-4-11)27(23,24)26-18-10-15(17(20)25-2)14-9-12(19(21)22)5-8-16(14)18/h3-10H,1-2H3. The summed E-state index contributed by atoms with van der Waals surface area (Å²) in [5.74, 6) is -0.782. The van der Waals surface area contributed by atoms with E-state index in [4.69, 9.17) is 4.28 Å². The van der Waals surface area contributed by atoms with Gasteiger partial charge in [0.15, 0.2) is 0 Å². The molecule has 0 N–H and O–H groups in total. The number of rotatable bonds is 5. The van der Waals surface area contributed by atoms with Gasteiger partial charge in [-0.1, -0.05) is 17.7 Å². The van der Waals surface area contributed by atoms with Crippen molar-refractivity contribution in [1.29, 1.82) is 0 Å². The highest BCUT2D eigenvalue weighted by Gasteiger charge is 2.23. The Morgan fingerprint density at radius 2 is 1.81 bits per heavy atom. The second-order valence-electron chi connectivity index (χ2n) is 5.66. The zero-order chi connectivity index (χ0) is 19.8. The monoisotopic (exact) mass is 390 g/mol. The fourth-order valence-electron chi connectivity index (χ4n) is 2.49. The van der Waals surface area contributed by atoms with Crippen molar-refractivity contribution < 1.29 is 27.2 Å². The molecule has 0 atom stereocenters. The summed E-state index contributed by atoms with van der Waals surface area (Å²) in [4.78, 5) is 22.3. The van der Waals surface area contributed by atoms with Gasteiger partial charge >= 0.3 is 16.1 Å². The molecule has 0 aliphatic heterocycles. The molecule has 0 bridgehead atoms. The third kappa shape index (κ3) is 3.47. The van der Waals surface area contributed by atoms with E-state index < -0.39 is 21.0 Å². The quantitative estimate of drug-likeness (QED) is 0.373. The van der Waals surface area contributed by atoms with Crippen LogP contribution in [0.2, 0.25) is 0 Å². The molecule has 2 aromatic carbocycles. The molecular weight excluding hydrogens is 376 g/mol. The van der Waals surface area contributed by atoms with E-state index >= 15 is 0 Å². The lowest BCUT2D eigenvalue weighted by molar-refractivity contribution is -0.384. The number of fused-ring (bicyclic) bond motifs is 1. The number of ether oxygens (including phenoxy) is 1. The van der Waals surface area contributed by atoms with Crippen LogP contribution in [0.4, 0.5) is 5.69 Å². The molecule has 140 valence electrons. The van der Waals surface area contributed by atoms with Crippen LogP contribution in [0.1, 0.15) is 15.9 Å². The number of aromatic nitrogens is 1. The van der Waals surface area contributed by atoms with Gasteiger partial charge in [-0.05, 0) is 25.1 Å². The van der Waals surface area contributed by atoms with E-state index in [1.807, 2.05) is 6.92 Å². The van der Waals surface area contributed by atoms with Crippen molar-refractivity contribution in [2.24, 2.45) is 0 Å². The molecule has 9 nitrogen and oxygen atoms in total. The van der Waals surface area contributed by atoms with Crippen molar-refractivity contribution in [3.63, 3.8) is 0 Å². The summed E-state index contributed by atoms with van der Waals surface area (Å²) < 4.78 is 35.7. The molecule has 0 saturated carbocycles. The van der Waals surface area contributed by atoms with Gasteiger partial charge in [-0.3, -0.25) is 14.4 Å². The van der Waals surface area contributed by atoms with Crippen LogP contribution in [0.5, 0.6) is 0 Å². The summed E-state index contributed by atoms with van der Waals surface area (Å²) in [5, 5.41) is 11.1. The summed E-state index contributed by atoms with van der Waals surface area (Å²) in [6, 6.07) is 9.65. The first kappa shape index (κ1) is 18.4. The van der Waals surface area contributed by atoms with E-state index in [-0.39, 0.29) is 27.0 Å². The lowest BCUT2D eigenvalue weighted by atomic mass is 10.1. The Bertz CT molecular complexity index is 1150. The average Bonchev–Trinajstić information content (AvgIpc) is 2.98. The number of benzene rings is 2. The summed E-state index contributed by atoms with van der Waals surface area (Å²) in [5.41, 5.74) is 0.722. The van der Waals surface area contributed by atoms with Crippen molar-refractivity contribution in [2.75, 3.05) is 7.11 Å². The van der Waals surface area contributed by atoms with E-state index in [0.29, 0.717) is 0 Å². The number of carbonyl (C=O) groups is 1. The predicted molar refractivity (Wildman–Crippen MR) is 94.9 cm³/mol. The SMILES string of the molecule is COC(=O)c1cn(OS(=O)(=O)c2ccc(C)cc2)c2ccc([N+](=O)[O-])cc12. The Hall–Kier alpha value is -3.40. The first-order chi connectivity index (χ1) is 12.7. The number of hydrogen-bond donors (Lipinski definition) is 0. The van der Waals surface area contributed by atoms with Crippen LogP contribution in [0, 0.1) is 17.0 Å². The minimum atomic E-state index is -4.19. The maximum absolute atomic E-state index is 12.5. The number of methoxy groups -OCH3 is 1. The molecule has 27 heavy (non-hydrogen) atoms. The zero-order valence-electron chi connectivity index (χ0n) is 14.3. The molecule has 0 aliphatic rings. The fraction of sp³-hybridized carbons (Fsp3) is 0.118. The predicted octanol–water partition coefficient (Wildman–Crippen LogP) is 2.46. The molecule has 0 aliphatic carbocycles. The van der Waals surface area contributed by atoms with Crippen molar-refractivity contribution in [3.05, 3.63) is 69.9 Å². The summed E-state index contributed by atoms with van der Waals surface area (Å²) >= 11 is 0. The third-order valence-electron chi connectivity index (χ3n) is 3.86. The number of nitrogens with zero attached hydrogens (tertiary/aromatic N) is 2. The number of aryl methyl sites for hydroxylation is 1. The summed E-state index contributed by atoms with van der Waals surface area (Å²) in [6.07, 6.45) is 1.12. The number of non-ortho nitro benzene ring substituents is 1. The Kier molecular flexibility index (Phi) is 4.58. The number of carbonyl (C=O) groups excluding carboxylic acids is 1. The second-order valence-corrected chi connectivity index (χ2v) is 7.19. The topological polar surface area (TPSA) is 118 Å². The Balaban J connectivity index is 2.12. The van der Waals surface area contributed by atoms with Crippen LogP contribution >= 0.6 is 0 Å².